The van der Waals surface area contributed by atoms with E-state index in [0.29, 0.717) is 18.7 Å². The third-order valence-corrected chi connectivity index (χ3v) is 4.25. The molecule has 1 saturated heterocycles. The minimum Gasteiger partial charge on any atom is -0.481 e. The Morgan fingerprint density at radius 3 is 2.90 bits per heavy atom. The fourth-order valence-corrected chi connectivity index (χ4v) is 3.01. The van der Waals surface area contributed by atoms with Crippen molar-refractivity contribution in [3.8, 4) is 0 Å². The number of aliphatic carboxylic acids is 1. The fourth-order valence-electron chi connectivity index (χ4n) is 3.01. The Hall–Kier alpha value is -2.11. The molecule has 1 aliphatic heterocycles. The largest absolute Gasteiger partial charge is 0.481 e. The van der Waals surface area contributed by atoms with Crippen molar-refractivity contribution in [2.24, 2.45) is 5.92 Å². The van der Waals surface area contributed by atoms with Crippen LogP contribution in [0.1, 0.15) is 30.5 Å². The lowest BCUT2D eigenvalue weighted by molar-refractivity contribution is -0.141. The Morgan fingerprint density at radius 2 is 2.14 bits per heavy atom. The summed E-state index contributed by atoms with van der Waals surface area (Å²) in [6.07, 6.45) is 6.57. The van der Waals surface area contributed by atoms with Gasteiger partial charge in [0, 0.05) is 18.8 Å². The maximum atomic E-state index is 12.1. The van der Waals surface area contributed by atoms with E-state index in [9.17, 15) is 9.59 Å². The van der Waals surface area contributed by atoms with Gasteiger partial charge in [0.2, 0.25) is 0 Å². The number of urea groups is 1. The number of rotatable bonds is 2. The summed E-state index contributed by atoms with van der Waals surface area (Å²) in [4.78, 5) is 29.0. The van der Waals surface area contributed by atoms with Gasteiger partial charge in [0.25, 0.3) is 0 Å². The lowest BCUT2D eigenvalue weighted by Gasteiger charge is -2.19. The molecule has 1 aromatic heterocycles. The summed E-state index contributed by atoms with van der Waals surface area (Å²) in [5, 5.41) is 11.8. The van der Waals surface area contributed by atoms with Crippen LogP contribution in [0.3, 0.4) is 0 Å². The van der Waals surface area contributed by atoms with Crippen molar-refractivity contribution in [1.82, 2.24) is 9.88 Å². The minimum absolute atomic E-state index is 0.240. The molecule has 6 heteroatoms. The van der Waals surface area contributed by atoms with Gasteiger partial charge in [-0.1, -0.05) is 0 Å². The van der Waals surface area contributed by atoms with Crippen molar-refractivity contribution < 1.29 is 14.7 Å². The molecule has 1 fully saturated rings. The van der Waals surface area contributed by atoms with Crippen LogP contribution in [0.15, 0.2) is 12.3 Å². The molecule has 1 atom stereocenters. The third-order valence-electron chi connectivity index (χ3n) is 4.25. The zero-order valence-corrected chi connectivity index (χ0v) is 11.8. The van der Waals surface area contributed by atoms with Gasteiger partial charge >= 0.3 is 12.0 Å². The predicted octanol–water partition coefficient (Wildman–Crippen LogP) is 1.90. The predicted molar refractivity (Wildman–Crippen MR) is 77.2 cm³/mol. The maximum absolute atomic E-state index is 12.1. The second-order valence-corrected chi connectivity index (χ2v) is 5.74. The summed E-state index contributed by atoms with van der Waals surface area (Å²) in [7, 11) is 0. The molecule has 2 amide bonds. The highest BCUT2D eigenvalue weighted by Gasteiger charge is 2.30. The number of nitrogens with one attached hydrogen (secondary N) is 1. The van der Waals surface area contributed by atoms with Crippen LogP contribution in [0.25, 0.3) is 0 Å². The van der Waals surface area contributed by atoms with Gasteiger partial charge in [-0.15, -0.1) is 0 Å². The summed E-state index contributed by atoms with van der Waals surface area (Å²) in [5.74, 6) is -1.28. The number of aromatic nitrogens is 1. The van der Waals surface area contributed by atoms with Gasteiger partial charge in [-0.25, -0.2) is 4.79 Å². The maximum Gasteiger partial charge on any atom is 0.321 e. The number of nitrogens with zero attached hydrogens (tertiary/aromatic N) is 2. The summed E-state index contributed by atoms with van der Waals surface area (Å²) in [5.41, 5.74) is 3.04. The molecule has 1 aliphatic carbocycles. The number of hydrogen-bond acceptors (Lipinski definition) is 3. The fraction of sp³-hybridized carbons (Fsp3) is 0.533. The molecule has 3 rings (SSSR count). The zero-order valence-electron chi connectivity index (χ0n) is 11.8. The van der Waals surface area contributed by atoms with Gasteiger partial charge in [0.1, 0.15) is 0 Å². The van der Waals surface area contributed by atoms with Gasteiger partial charge < -0.3 is 15.3 Å². The number of fused-ring (bicyclic) bond motifs is 1. The average Bonchev–Trinajstić information content (AvgIpc) is 2.97. The van der Waals surface area contributed by atoms with E-state index >= 15 is 0 Å². The summed E-state index contributed by atoms with van der Waals surface area (Å²) < 4.78 is 0. The van der Waals surface area contributed by atoms with E-state index in [0.717, 1.165) is 18.5 Å². The van der Waals surface area contributed by atoms with Crippen molar-refractivity contribution in [3.63, 3.8) is 0 Å². The van der Waals surface area contributed by atoms with Gasteiger partial charge in [0.15, 0.2) is 0 Å². The van der Waals surface area contributed by atoms with Crippen LogP contribution in [0, 0.1) is 5.92 Å². The number of pyridine rings is 1. The Kier molecular flexibility index (Phi) is 3.77. The molecule has 21 heavy (non-hydrogen) atoms. The minimum atomic E-state index is -0.833. The van der Waals surface area contributed by atoms with E-state index in [1.54, 1.807) is 11.1 Å². The van der Waals surface area contributed by atoms with Crippen LogP contribution >= 0.6 is 0 Å². The van der Waals surface area contributed by atoms with Crippen LogP contribution in [0.4, 0.5) is 10.5 Å². The first kappa shape index (κ1) is 13.9. The van der Waals surface area contributed by atoms with Crippen LogP contribution in [0.5, 0.6) is 0 Å². The Labute approximate surface area is 123 Å². The first-order chi connectivity index (χ1) is 10.1. The smallest absolute Gasteiger partial charge is 0.321 e. The Balaban J connectivity index is 1.64. The lowest BCUT2D eigenvalue weighted by atomic mass is 9.96. The number of hydrogen-bond donors (Lipinski definition) is 2. The molecule has 112 valence electrons. The number of aryl methyl sites for hydroxylation is 2. The molecular formula is C15H19N3O3. The average molecular weight is 289 g/mol. The molecule has 0 bridgehead atoms. The summed E-state index contributed by atoms with van der Waals surface area (Å²) in [6, 6.07) is 1.75. The Morgan fingerprint density at radius 1 is 1.33 bits per heavy atom. The highest BCUT2D eigenvalue weighted by molar-refractivity contribution is 5.90. The number of amides is 2. The molecule has 1 unspecified atom stereocenters. The van der Waals surface area contributed by atoms with E-state index in [4.69, 9.17) is 5.11 Å². The first-order valence-electron chi connectivity index (χ1n) is 7.40. The third kappa shape index (κ3) is 2.99. The quantitative estimate of drug-likeness (QED) is 0.871. The molecule has 1 aromatic rings. The van der Waals surface area contributed by atoms with E-state index in [2.05, 4.69) is 10.3 Å². The molecule has 6 nitrogen and oxygen atoms in total. The van der Waals surface area contributed by atoms with Gasteiger partial charge in [-0.3, -0.25) is 9.78 Å². The van der Waals surface area contributed by atoms with Crippen LogP contribution in [-0.4, -0.2) is 40.1 Å². The monoisotopic (exact) mass is 289 g/mol. The molecular weight excluding hydrogens is 270 g/mol. The molecule has 0 saturated carbocycles. The van der Waals surface area contributed by atoms with Crippen molar-refractivity contribution >= 4 is 17.7 Å². The number of anilines is 1. The van der Waals surface area contributed by atoms with Gasteiger partial charge in [0.05, 0.1) is 17.8 Å². The van der Waals surface area contributed by atoms with Crippen molar-refractivity contribution in [3.05, 3.63) is 23.5 Å². The molecule has 0 radical (unpaired) electrons. The standard InChI is InChI=1S/C15H19N3O3/c19-14(20)11-5-6-18(9-11)15(21)17-12-7-10-3-1-2-4-13(10)16-8-12/h7-8,11H,1-6,9H2,(H,17,21)(H,19,20). The highest BCUT2D eigenvalue weighted by atomic mass is 16.4. The lowest BCUT2D eigenvalue weighted by Crippen LogP contribution is -2.33. The number of carbonyl (C=O) groups excluding carboxylic acids is 1. The number of carbonyl (C=O) groups is 2. The van der Waals surface area contributed by atoms with Crippen LogP contribution in [-0.2, 0) is 17.6 Å². The first-order valence-corrected chi connectivity index (χ1v) is 7.40. The van der Waals surface area contributed by atoms with E-state index in [1.165, 1.54) is 18.4 Å². The molecule has 2 N–H and O–H groups in total. The SMILES string of the molecule is O=C(O)C1CCN(C(=O)Nc2cnc3c(c2)CCCC3)C1. The number of likely N-dealkylation sites (tertiary alicyclic amines) is 1. The summed E-state index contributed by atoms with van der Waals surface area (Å²) in [6.45, 7) is 0.765. The molecule has 0 aromatic carbocycles. The van der Waals surface area contributed by atoms with Crippen molar-refractivity contribution in [1.29, 1.82) is 0 Å². The number of carboxylic acids is 1. The van der Waals surface area contributed by atoms with Crippen LogP contribution < -0.4 is 5.32 Å². The van der Waals surface area contributed by atoms with E-state index in [1.807, 2.05) is 6.07 Å². The molecule has 2 aliphatic rings. The zero-order chi connectivity index (χ0) is 14.8. The number of carboxylic acid groups (broad SMARTS) is 1. The highest BCUT2D eigenvalue weighted by Crippen LogP contribution is 2.23. The van der Waals surface area contributed by atoms with Crippen molar-refractivity contribution in [2.75, 3.05) is 18.4 Å². The summed E-state index contributed by atoms with van der Waals surface area (Å²) >= 11 is 0. The molecule has 0 spiro atoms. The normalized spacial score (nSPS) is 21.0. The molecule has 2 heterocycles. The Bertz CT molecular complexity index is 573. The van der Waals surface area contributed by atoms with Gasteiger partial charge in [-0.05, 0) is 43.7 Å². The van der Waals surface area contributed by atoms with E-state index in [-0.39, 0.29) is 12.6 Å². The second-order valence-electron chi connectivity index (χ2n) is 5.74. The topological polar surface area (TPSA) is 82.5 Å². The van der Waals surface area contributed by atoms with Crippen molar-refractivity contribution in [2.45, 2.75) is 32.1 Å². The van der Waals surface area contributed by atoms with Gasteiger partial charge in [-0.2, -0.15) is 0 Å². The second kappa shape index (κ2) is 5.71. The van der Waals surface area contributed by atoms with Crippen LogP contribution in [0.2, 0.25) is 0 Å². The van der Waals surface area contributed by atoms with E-state index < -0.39 is 11.9 Å².